The van der Waals surface area contributed by atoms with Gasteiger partial charge in [-0.2, -0.15) is 0 Å². The molecule has 1 atom stereocenters. The zero-order valence-corrected chi connectivity index (χ0v) is 13.9. The van der Waals surface area contributed by atoms with Gasteiger partial charge in [0.05, 0.1) is 25.5 Å². The van der Waals surface area contributed by atoms with Gasteiger partial charge in [0.1, 0.15) is 12.0 Å². The molecule has 0 unspecified atom stereocenters. The fourth-order valence-corrected chi connectivity index (χ4v) is 2.46. The van der Waals surface area contributed by atoms with Gasteiger partial charge in [-0.15, -0.1) is 0 Å². The smallest absolute Gasteiger partial charge is 0.319 e. The predicted octanol–water partition coefficient (Wildman–Crippen LogP) is 3.63. The Kier molecular flexibility index (Phi) is 4.94. The molecule has 0 radical (unpaired) electrons. The van der Waals surface area contributed by atoms with Gasteiger partial charge in [0, 0.05) is 23.0 Å². The molecule has 0 fully saturated rings. The third-order valence-corrected chi connectivity index (χ3v) is 3.65. The molecule has 7 heteroatoms. The van der Waals surface area contributed by atoms with E-state index in [4.69, 9.17) is 9.15 Å². The van der Waals surface area contributed by atoms with Gasteiger partial charge in [0.25, 0.3) is 0 Å². The summed E-state index contributed by atoms with van der Waals surface area (Å²) in [6.45, 7) is 1.88. The van der Waals surface area contributed by atoms with E-state index in [1.807, 2.05) is 25.1 Å². The fraction of sp³-hybridized carbons (Fsp3) is 0.167. The van der Waals surface area contributed by atoms with Gasteiger partial charge in [-0.3, -0.25) is 4.98 Å². The number of rotatable bonds is 5. The first-order valence-corrected chi connectivity index (χ1v) is 7.72. The average Bonchev–Trinajstić information content (AvgIpc) is 3.16. The molecule has 25 heavy (non-hydrogen) atoms. The molecule has 7 nitrogen and oxygen atoms in total. The number of anilines is 1. The minimum absolute atomic E-state index is 0.243. The van der Waals surface area contributed by atoms with Crippen LogP contribution in [0.3, 0.4) is 0 Å². The molecule has 2 amide bonds. The van der Waals surface area contributed by atoms with Gasteiger partial charge in [0.15, 0.2) is 0 Å². The second kappa shape index (κ2) is 7.48. The van der Waals surface area contributed by atoms with Crippen molar-refractivity contribution in [2.45, 2.75) is 13.0 Å². The van der Waals surface area contributed by atoms with Crippen LogP contribution in [0.2, 0.25) is 0 Å². The topological polar surface area (TPSA) is 89.3 Å². The van der Waals surface area contributed by atoms with Crippen LogP contribution in [0.4, 0.5) is 10.5 Å². The molecule has 0 saturated carbocycles. The van der Waals surface area contributed by atoms with E-state index in [1.54, 1.807) is 37.8 Å². The van der Waals surface area contributed by atoms with Crippen molar-refractivity contribution in [2.75, 3.05) is 12.4 Å². The summed E-state index contributed by atoms with van der Waals surface area (Å²) in [4.78, 5) is 20.4. The summed E-state index contributed by atoms with van der Waals surface area (Å²) in [5.41, 5.74) is 2.27. The maximum Gasteiger partial charge on any atom is 0.319 e. The highest BCUT2D eigenvalue weighted by atomic mass is 16.5. The van der Waals surface area contributed by atoms with Crippen LogP contribution < -0.4 is 15.4 Å². The van der Waals surface area contributed by atoms with Crippen molar-refractivity contribution < 1.29 is 13.9 Å². The number of ether oxygens (including phenoxy) is 1. The van der Waals surface area contributed by atoms with E-state index in [1.165, 1.54) is 6.26 Å². The van der Waals surface area contributed by atoms with E-state index < -0.39 is 0 Å². The molecule has 1 aromatic carbocycles. The number of nitrogens with one attached hydrogen (secondary N) is 2. The lowest BCUT2D eigenvalue weighted by molar-refractivity contribution is 0.249. The normalized spacial score (nSPS) is 11.6. The first-order chi connectivity index (χ1) is 12.2. The van der Waals surface area contributed by atoms with Crippen molar-refractivity contribution in [3.8, 4) is 17.2 Å². The summed E-state index contributed by atoms with van der Waals surface area (Å²) in [6, 6.07) is 8.52. The number of methoxy groups -OCH3 is 1. The van der Waals surface area contributed by atoms with E-state index in [0.29, 0.717) is 17.3 Å². The van der Waals surface area contributed by atoms with E-state index in [9.17, 15) is 4.79 Å². The summed E-state index contributed by atoms with van der Waals surface area (Å²) in [5, 5.41) is 5.68. The maximum atomic E-state index is 12.3. The van der Waals surface area contributed by atoms with E-state index in [0.717, 1.165) is 11.1 Å². The molecule has 0 aliphatic heterocycles. The van der Waals surface area contributed by atoms with Gasteiger partial charge < -0.3 is 19.8 Å². The van der Waals surface area contributed by atoms with Crippen molar-refractivity contribution in [2.24, 2.45) is 0 Å². The van der Waals surface area contributed by atoms with Crippen LogP contribution in [-0.4, -0.2) is 23.1 Å². The molecule has 3 rings (SSSR count). The Morgan fingerprint density at radius 2 is 2.16 bits per heavy atom. The van der Waals surface area contributed by atoms with Crippen molar-refractivity contribution in [1.29, 1.82) is 0 Å². The summed E-state index contributed by atoms with van der Waals surface area (Å²) in [6.07, 6.45) is 6.36. The molecule has 0 aliphatic rings. The van der Waals surface area contributed by atoms with Crippen LogP contribution in [0.25, 0.3) is 11.5 Å². The van der Waals surface area contributed by atoms with E-state index >= 15 is 0 Å². The van der Waals surface area contributed by atoms with Gasteiger partial charge in [-0.1, -0.05) is 6.07 Å². The Morgan fingerprint density at radius 1 is 1.28 bits per heavy atom. The van der Waals surface area contributed by atoms with Crippen molar-refractivity contribution in [3.63, 3.8) is 0 Å². The van der Waals surface area contributed by atoms with Crippen LogP contribution in [0, 0.1) is 0 Å². The number of oxazole rings is 1. The lowest BCUT2D eigenvalue weighted by Crippen LogP contribution is -2.31. The minimum atomic E-state index is -0.323. The number of pyridine rings is 1. The third kappa shape index (κ3) is 3.95. The Bertz CT molecular complexity index is 849. The number of carbonyl (C=O) groups is 1. The molecule has 128 valence electrons. The third-order valence-electron chi connectivity index (χ3n) is 3.65. The molecular weight excluding hydrogens is 320 g/mol. The highest BCUT2D eigenvalue weighted by Crippen LogP contribution is 2.24. The quantitative estimate of drug-likeness (QED) is 0.741. The molecule has 2 N–H and O–H groups in total. The Balaban J connectivity index is 1.67. The van der Waals surface area contributed by atoms with Gasteiger partial charge in [-0.05, 0) is 31.2 Å². The zero-order valence-electron chi connectivity index (χ0n) is 13.9. The second-order valence-corrected chi connectivity index (χ2v) is 5.36. The summed E-state index contributed by atoms with van der Waals surface area (Å²) in [5.74, 6) is 1.13. The highest BCUT2D eigenvalue weighted by Gasteiger charge is 2.14. The minimum Gasteiger partial charge on any atom is -0.495 e. The number of amides is 2. The van der Waals surface area contributed by atoms with Crippen LogP contribution >= 0.6 is 0 Å². The molecule has 0 saturated heterocycles. The zero-order chi connectivity index (χ0) is 17.6. The van der Waals surface area contributed by atoms with Crippen molar-refractivity contribution in [1.82, 2.24) is 15.3 Å². The standard InChI is InChI=1S/C18H18N4O3/c1-12(15-6-7-19-11-16(15)24-2)21-18(23)22-14-5-3-4-13(10-14)17-20-8-9-25-17/h3-12H,1-2H3,(H2,21,22,23)/t12-/m0/s1. The summed E-state index contributed by atoms with van der Waals surface area (Å²) < 4.78 is 10.5. The lowest BCUT2D eigenvalue weighted by Gasteiger charge is -2.17. The van der Waals surface area contributed by atoms with Crippen LogP contribution in [0.1, 0.15) is 18.5 Å². The van der Waals surface area contributed by atoms with Crippen molar-refractivity contribution >= 4 is 11.7 Å². The number of hydrogen-bond donors (Lipinski definition) is 2. The van der Waals surface area contributed by atoms with Crippen molar-refractivity contribution in [3.05, 3.63) is 60.7 Å². The first kappa shape index (κ1) is 16.5. The number of benzene rings is 1. The fourth-order valence-electron chi connectivity index (χ4n) is 2.46. The number of hydrogen-bond acceptors (Lipinski definition) is 5. The molecule has 0 spiro atoms. The Hall–Kier alpha value is -3.35. The molecule has 0 aliphatic carbocycles. The number of urea groups is 1. The largest absolute Gasteiger partial charge is 0.495 e. The predicted molar refractivity (Wildman–Crippen MR) is 93.3 cm³/mol. The van der Waals surface area contributed by atoms with Gasteiger partial charge >= 0.3 is 6.03 Å². The molecule has 0 bridgehead atoms. The van der Waals surface area contributed by atoms with Crippen LogP contribution in [0.5, 0.6) is 5.75 Å². The second-order valence-electron chi connectivity index (χ2n) is 5.36. The average molecular weight is 338 g/mol. The molecule has 3 aromatic rings. The number of nitrogens with zero attached hydrogens (tertiary/aromatic N) is 2. The highest BCUT2D eigenvalue weighted by molar-refractivity contribution is 5.90. The van der Waals surface area contributed by atoms with Crippen LogP contribution in [-0.2, 0) is 0 Å². The van der Waals surface area contributed by atoms with Gasteiger partial charge in [0.2, 0.25) is 5.89 Å². The molecular formula is C18H18N4O3. The van der Waals surface area contributed by atoms with E-state index in [2.05, 4.69) is 20.6 Å². The summed E-state index contributed by atoms with van der Waals surface area (Å²) >= 11 is 0. The lowest BCUT2D eigenvalue weighted by atomic mass is 10.1. The Labute approximate surface area is 145 Å². The SMILES string of the molecule is COc1cnccc1[C@H](C)NC(=O)Nc1cccc(-c2ncco2)c1. The first-order valence-electron chi connectivity index (χ1n) is 7.72. The molecule has 2 aromatic heterocycles. The maximum absolute atomic E-state index is 12.3. The Morgan fingerprint density at radius 3 is 2.92 bits per heavy atom. The van der Waals surface area contributed by atoms with E-state index in [-0.39, 0.29) is 12.1 Å². The summed E-state index contributed by atoms with van der Waals surface area (Å²) in [7, 11) is 1.57. The monoisotopic (exact) mass is 338 g/mol. The van der Waals surface area contributed by atoms with Gasteiger partial charge in [-0.25, -0.2) is 9.78 Å². The number of aromatic nitrogens is 2. The number of carbonyl (C=O) groups excluding carboxylic acids is 1. The molecule has 2 heterocycles. The van der Waals surface area contributed by atoms with Crippen LogP contribution in [0.15, 0.2) is 59.6 Å².